The van der Waals surface area contributed by atoms with Crippen LogP contribution in [0, 0.1) is 0 Å². The third-order valence-corrected chi connectivity index (χ3v) is 4.05. The molecule has 0 unspecified atom stereocenters. The van der Waals surface area contributed by atoms with Gasteiger partial charge in [-0.05, 0) is 41.8 Å². The molecule has 0 aliphatic heterocycles. The Kier molecular flexibility index (Phi) is 6.11. The van der Waals surface area contributed by atoms with Crippen LogP contribution >= 0.6 is 0 Å². The first-order valence-electron chi connectivity index (χ1n) is 8.78. The average Bonchev–Trinajstić information content (AvgIpc) is 3.24. The lowest BCUT2D eigenvalue weighted by Gasteiger charge is -2.12. The summed E-state index contributed by atoms with van der Waals surface area (Å²) in [6, 6.07) is 11.6. The summed E-state index contributed by atoms with van der Waals surface area (Å²) < 4.78 is 16.6. The number of H-pyrrole nitrogens is 1. The van der Waals surface area contributed by atoms with E-state index in [9.17, 15) is 0 Å². The van der Waals surface area contributed by atoms with Crippen LogP contribution in [0.15, 0.2) is 54.7 Å². The molecular formula is C22H23N3O3. The highest BCUT2D eigenvalue weighted by atomic mass is 16.5. The van der Waals surface area contributed by atoms with E-state index >= 15 is 0 Å². The lowest BCUT2D eigenvalue weighted by Crippen LogP contribution is -1.97. The SMILES string of the molecule is C=C(C)COc1ccc(/C=C/c2cc(OC)cc(OC)c2-c2cn[nH]n2)cc1. The van der Waals surface area contributed by atoms with E-state index in [2.05, 4.69) is 22.0 Å². The standard InChI is InChI=1S/C22H23N3O3/c1-15(2)14-28-18-9-6-16(7-10-18)5-8-17-11-19(26-3)12-21(27-4)22(17)20-13-23-25-24-20/h5-13H,1,14H2,2-4H3,(H,23,24,25)/b8-5+. The predicted octanol–water partition coefficient (Wildman–Crippen LogP) is 4.61. The Hall–Kier alpha value is -3.54. The van der Waals surface area contributed by atoms with Crippen molar-refractivity contribution in [2.45, 2.75) is 6.92 Å². The van der Waals surface area contributed by atoms with Gasteiger partial charge in [-0.2, -0.15) is 15.4 Å². The zero-order chi connectivity index (χ0) is 19.9. The van der Waals surface area contributed by atoms with E-state index in [0.29, 0.717) is 23.8 Å². The third-order valence-electron chi connectivity index (χ3n) is 4.05. The molecule has 3 rings (SSSR count). The normalized spacial score (nSPS) is 10.8. The van der Waals surface area contributed by atoms with Gasteiger partial charge in [0.2, 0.25) is 0 Å². The Balaban J connectivity index is 1.91. The first kappa shape index (κ1) is 19.2. The number of rotatable bonds is 8. The van der Waals surface area contributed by atoms with Crippen molar-refractivity contribution in [2.75, 3.05) is 20.8 Å². The Morgan fingerprint density at radius 2 is 1.86 bits per heavy atom. The van der Waals surface area contributed by atoms with Gasteiger partial charge in [-0.25, -0.2) is 0 Å². The van der Waals surface area contributed by atoms with Crippen molar-refractivity contribution >= 4 is 12.2 Å². The number of benzene rings is 2. The highest BCUT2D eigenvalue weighted by molar-refractivity contribution is 5.84. The Labute approximate surface area is 164 Å². The van der Waals surface area contributed by atoms with Crippen LogP contribution < -0.4 is 14.2 Å². The highest BCUT2D eigenvalue weighted by Crippen LogP contribution is 2.36. The molecule has 144 valence electrons. The van der Waals surface area contributed by atoms with Crippen LogP contribution in [0.3, 0.4) is 0 Å². The van der Waals surface area contributed by atoms with Gasteiger partial charge >= 0.3 is 0 Å². The molecule has 6 nitrogen and oxygen atoms in total. The van der Waals surface area contributed by atoms with Crippen molar-refractivity contribution in [3.05, 3.63) is 65.9 Å². The Morgan fingerprint density at radius 3 is 2.46 bits per heavy atom. The van der Waals surface area contributed by atoms with Crippen LogP contribution in [0.25, 0.3) is 23.4 Å². The van der Waals surface area contributed by atoms with Crippen LogP contribution in [0.5, 0.6) is 17.2 Å². The van der Waals surface area contributed by atoms with Crippen LogP contribution in [-0.4, -0.2) is 36.2 Å². The minimum atomic E-state index is 0.514. The predicted molar refractivity (Wildman–Crippen MR) is 111 cm³/mol. The first-order valence-corrected chi connectivity index (χ1v) is 8.78. The van der Waals surface area contributed by atoms with Crippen LogP contribution in [-0.2, 0) is 0 Å². The van der Waals surface area contributed by atoms with Crippen molar-refractivity contribution in [3.63, 3.8) is 0 Å². The highest BCUT2D eigenvalue weighted by Gasteiger charge is 2.15. The third kappa shape index (κ3) is 4.59. The summed E-state index contributed by atoms with van der Waals surface area (Å²) in [7, 11) is 3.25. The first-order chi connectivity index (χ1) is 13.6. The van der Waals surface area contributed by atoms with E-state index in [-0.39, 0.29) is 0 Å². The van der Waals surface area contributed by atoms with E-state index in [1.165, 1.54) is 0 Å². The molecule has 1 N–H and O–H groups in total. The summed E-state index contributed by atoms with van der Waals surface area (Å²) in [5.74, 6) is 2.18. The number of nitrogens with zero attached hydrogens (tertiary/aromatic N) is 2. The van der Waals surface area contributed by atoms with Gasteiger partial charge < -0.3 is 14.2 Å². The Bertz CT molecular complexity index is 961. The molecule has 0 aliphatic rings. The number of aromatic amines is 1. The molecule has 0 saturated heterocycles. The molecule has 3 aromatic rings. The second-order valence-corrected chi connectivity index (χ2v) is 6.30. The summed E-state index contributed by atoms with van der Waals surface area (Å²) >= 11 is 0. The molecule has 0 saturated carbocycles. The van der Waals surface area contributed by atoms with Gasteiger partial charge in [-0.1, -0.05) is 30.9 Å². The fourth-order valence-corrected chi connectivity index (χ4v) is 2.68. The monoisotopic (exact) mass is 377 g/mol. The minimum absolute atomic E-state index is 0.514. The topological polar surface area (TPSA) is 69.3 Å². The zero-order valence-corrected chi connectivity index (χ0v) is 16.2. The molecule has 0 atom stereocenters. The van der Waals surface area contributed by atoms with Gasteiger partial charge in [0.1, 0.15) is 29.5 Å². The van der Waals surface area contributed by atoms with Crippen molar-refractivity contribution in [1.82, 2.24) is 15.4 Å². The number of ether oxygens (including phenoxy) is 3. The van der Waals surface area contributed by atoms with Gasteiger partial charge in [0.15, 0.2) is 0 Å². The zero-order valence-electron chi connectivity index (χ0n) is 16.2. The number of hydrogen-bond acceptors (Lipinski definition) is 5. The lowest BCUT2D eigenvalue weighted by molar-refractivity contribution is 0.352. The molecule has 1 heterocycles. The van der Waals surface area contributed by atoms with Crippen molar-refractivity contribution in [1.29, 1.82) is 0 Å². The molecule has 0 amide bonds. The van der Waals surface area contributed by atoms with E-state index in [1.807, 2.05) is 55.5 Å². The summed E-state index contributed by atoms with van der Waals surface area (Å²) in [5.41, 5.74) is 4.47. The second kappa shape index (κ2) is 8.90. The number of nitrogens with one attached hydrogen (secondary N) is 1. The fourth-order valence-electron chi connectivity index (χ4n) is 2.68. The molecule has 28 heavy (non-hydrogen) atoms. The Morgan fingerprint density at radius 1 is 1.07 bits per heavy atom. The molecular weight excluding hydrogens is 354 g/mol. The van der Waals surface area contributed by atoms with Gasteiger partial charge in [-0.15, -0.1) is 0 Å². The maximum absolute atomic E-state index is 5.64. The van der Waals surface area contributed by atoms with Gasteiger partial charge in [0, 0.05) is 6.07 Å². The minimum Gasteiger partial charge on any atom is -0.497 e. The van der Waals surface area contributed by atoms with Crippen molar-refractivity contribution in [3.8, 4) is 28.5 Å². The van der Waals surface area contributed by atoms with Crippen LogP contribution in [0.4, 0.5) is 0 Å². The molecule has 6 heteroatoms. The van der Waals surface area contributed by atoms with E-state index in [0.717, 1.165) is 28.0 Å². The van der Waals surface area contributed by atoms with Crippen molar-refractivity contribution < 1.29 is 14.2 Å². The summed E-state index contributed by atoms with van der Waals surface area (Å²) in [6.45, 7) is 6.29. The number of hydrogen-bond donors (Lipinski definition) is 1. The molecule has 0 fully saturated rings. The molecule has 2 aromatic carbocycles. The summed E-state index contributed by atoms with van der Waals surface area (Å²) in [5, 5.41) is 10.8. The maximum atomic E-state index is 5.64. The molecule has 1 aromatic heterocycles. The smallest absolute Gasteiger partial charge is 0.132 e. The van der Waals surface area contributed by atoms with E-state index < -0.39 is 0 Å². The summed E-state index contributed by atoms with van der Waals surface area (Å²) in [4.78, 5) is 0. The fraction of sp³-hybridized carbons (Fsp3) is 0.182. The molecule has 0 aliphatic carbocycles. The number of methoxy groups -OCH3 is 2. The van der Waals surface area contributed by atoms with Crippen LogP contribution in [0.2, 0.25) is 0 Å². The van der Waals surface area contributed by atoms with Crippen LogP contribution in [0.1, 0.15) is 18.1 Å². The number of aromatic nitrogens is 3. The van der Waals surface area contributed by atoms with E-state index in [1.54, 1.807) is 20.4 Å². The largest absolute Gasteiger partial charge is 0.497 e. The molecule has 0 bridgehead atoms. The quantitative estimate of drug-likeness (QED) is 0.458. The molecule has 0 spiro atoms. The average molecular weight is 377 g/mol. The van der Waals surface area contributed by atoms with Gasteiger partial charge in [0.25, 0.3) is 0 Å². The lowest BCUT2D eigenvalue weighted by atomic mass is 10.0. The maximum Gasteiger partial charge on any atom is 0.132 e. The summed E-state index contributed by atoms with van der Waals surface area (Å²) in [6.07, 6.45) is 5.68. The van der Waals surface area contributed by atoms with Gasteiger partial charge in [0.05, 0.1) is 26.0 Å². The van der Waals surface area contributed by atoms with Gasteiger partial charge in [-0.3, -0.25) is 0 Å². The van der Waals surface area contributed by atoms with Crippen molar-refractivity contribution in [2.24, 2.45) is 0 Å². The second-order valence-electron chi connectivity index (χ2n) is 6.30. The van der Waals surface area contributed by atoms with E-state index in [4.69, 9.17) is 14.2 Å². The molecule has 0 radical (unpaired) electrons.